The van der Waals surface area contributed by atoms with E-state index in [0.29, 0.717) is 6.54 Å². The summed E-state index contributed by atoms with van der Waals surface area (Å²) in [5.41, 5.74) is 2.81. The molecule has 0 aliphatic heterocycles. The molecule has 1 aromatic carbocycles. The predicted molar refractivity (Wildman–Crippen MR) is 99.7 cm³/mol. The first kappa shape index (κ1) is 18.5. The van der Waals surface area contributed by atoms with Gasteiger partial charge in [0, 0.05) is 35.3 Å². The van der Waals surface area contributed by atoms with Crippen LogP contribution in [0.2, 0.25) is 0 Å². The molecule has 0 saturated heterocycles. The van der Waals surface area contributed by atoms with Crippen LogP contribution in [-0.4, -0.2) is 39.9 Å². The number of fused-ring (bicyclic) bond motifs is 3. The molecule has 1 aliphatic rings. The van der Waals surface area contributed by atoms with E-state index in [2.05, 4.69) is 4.57 Å². The van der Waals surface area contributed by atoms with E-state index in [1.165, 1.54) is 23.3 Å². The maximum Gasteiger partial charge on any atom is 0.407 e. The highest BCUT2D eigenvalue weighted by Gasteiger charge is 2.31. The third kappa shape index (κ3) is 3.02. The van der Waals surface area contributed by atoms with Crippen molar-refractivity contribution in [3.05, 3.63) is 29.2 Å². The maximum absolute atomic E-state index is 14.3. The molecule has 0 saturated carbocycles. The van der Waals surface area contributed by atoms with Gasteiger partial charge in [0.25, 0.3) is 0 Å². The molecule has 2 aromatic rings. The van der Waals surface area contributed by atoms with Crippen molar-refractivity contribution >= 4 is 17.0 Å². The molecule has 3 rings (SSSR count). The summed E-state index contributed by atoms with van der Waals surface area (Å²) in [7, 11) is 1.46. The number of benzene rings is 1. The van der Waals surface area contributed by atoms with Crippen LogP contribution in [0.5, 0.6) is 5.75 Å². The Hall–Kier alpha value is -2.24. The Kier molecular flexibility index (Phi) is 4.63. The molecule has 6 heteroatoms. The monoisotopic (exact) mass is 362 g/mol. The van der Waals surface area contributed by atoms with E-state index in [-0.39, 0.29) is 17.6 Å². The number of hydrogen-bond acceptors (Lipinski definition) is 2. The van der Waals surface area contributed by atoms with E-state index >= 15 is 0 Å². The van der Waals surface area contributed by atoms with Crippen molar-refractivity contribution in [2.45, 2.75) is 58.5 Å². The highest BCUT2D eigenvalue weighted by atomic mass is 19.1. The van der Waals surface area contributed by atoms with Crippen LogP contribution in [0, 0.1) is 5.82 Å². The quantitative estimate of drug-likeness (QED) is 0.864. The van der Waals surface area contributed by atoms with E-state index < -0.39 is 11.6 Å². The van der Waals surface area contributed by atoms with Crippen LogP contribution in [-0.2, 0) is 12.8 Å². The van der Waals surface area contributed by atoms with E-state index in [4.69, 9.17) is 4.74 Å². The molecule has 26 heavy (non-hydrogen) atoms. The molecule has 1 unspecified atom stereocenters. The maximum atomic E-state index is 14.3. The van der Waals surface area contributed by atoms with Crippen molar-refractivity contribution in [2.75, 3.05) is 13.7 Å². The minimum absolute atomic E-state index is 0.0650. The van der Waals surface area contributed by atoms with E-state index in [1.807, 2.05) is 27.7 Å². The number of ether oxygens (including phenoxy) is 1. The second-order valence-electron chi connectivity index (χ2n) is 8.07. The molecule has 1 atom stereocenters. The van der Waals surface area contributed by atoms with Gasteiger partial charge in [0.1, 0.15) is 0 Å². The molecule has 1 aromatic heterocycles. The summed E-state index contributed by atoms with van der Waals surface area (Å²) >= 11 is 0. The summed E-state index contributed by atoms with van der Waals surface area (Å²) in [6.45, 7) is 8.07. The van der Waals surface area contributed by atoms with Gasteiger partial charge < -0.3 is 19.3 Å². The third-order valence-electron chi connectivity index (χ3n) is 5.26. The Labute approximate surface area is 153 Å². The minimum Gasteiger partial charge on any atom is -0.494 e. The van der Waals surface area contributed by atoms with Crippen LogP contribution < -0.4 is 4.74 Å². The molecule has 0 fully saturated rings. The third-order valence-corrected chi connectivity index (χ3v) is 5.26. The van der Waals surface area contributed by atoms with Gasteiger partial charge in [-0.15, -0.1) is 0 Å². The predicted octanol–water partition coefficient (Wildman–Crippen LogP) is 4.62. The topological polar surface area (TPSA) is 54.7 Å². The van der Waals surface area contributed by atoms with Gasteiger partial charge in [0.05, 0.1) is 12.6 Å². The number of rotatable bonds is 4. The van der Waals surface area contributed by atoms with E-state index in [1.54, 1.807) is 12.1 Å². The number of methoxy groups -OCH3 is 1. The first-order valence-electron chi connectivity index (χ1n) is 9.05. The second-order valence-corrected chi connectivity index (χ2v) is 8.07. The number of carbonyl (C=O) groups is 1. The average Bonchev–Trinajstić information content (AvgIpc) is 3.10. The molecule has 0 bridgehead atoms. The first-order chi connectivity index (χ1) is 12.1. The molecule has 0 radical (unpaired) electrons. The Bertz CT molecular complexity index is 851. The Balaban J connectivity index is 2.10. The fourth-order valence-corrected chi connectivity index (χ4v) is 4.06. The van der Waals surface area contributed by atoms with Crippen molar-refractivity contribution in [1.29, 1.82) is 0 Å². The van der Waals surface area contributed by atoms with E-state index in [9.17, 15) is 14.3 Å². The van der Waals surface area contributed by atoms with Crippen molar-refractivity contribution < 1.29 is 19.0 Å². The number of carboxylic acid groups (broad SMARTS) is 1. The van der Waals surface area contributed by atoms with Gasteiger partial charge in [-0.2, -0.15) is 0 Å². The van der Waals surface area contributed by atoms with Gasteiger partial charge in [-0.3, -0.25) is 0 Å². The highest BCUT2D eigenvalue weighted by Crippen LogP contribution is 2.38. The summed E-state index contributed by atoms with van der Waals surface area (Å²) in [5, 5.41) is 10.5. The summed E-state index contributed by atoms with van der Waals surface area (Å²) < 4.78 is 21.6. The van der Waals surface area contributed by atoms with E-state index in [0.717, 1.165) is 30.2 Å². The molecule has 142 valence electrons. The van der Waals surface area contributed by atoms with Crippen LogP contribution in [0.25, 0.3) is 10.9 Å². The van der Waals surface area contributed by atoms with Crippen LogP contribution in [0.1, 0.15) is 51.4 Å². The van der Waals surface area contributed by atoms with Crippen molar-refractivity contribution in [3.8, 4) is 5.75 Å². The zero-order valence-corrected chi connectivity index (χ0v) is 16.1. The van der Waals surface area contributed by atoms with Gasteiger partial charge >= 0.3 is 6.09 Å². The van der Waals surface area contributed by atoms with Crippen LogP contribution in [0.4, 0.5) is 9.18 Å². The zero-order valence-electron chi connectivity index (χ0n) is 16.1. The molecule has 1 amide bonds. The van der Waals surface area contributed by atoms with Crippen LogP contribution in [0.15, 0.2) is 12.1 Å². The average molecular weight is 362 g/mol. The SMILES string of the molecule is COc1cc2c(cc1F)c1c(n2C(C)CN(C(=O)O)C(C)(C)C)CCC1. The van der Waals surface area contributed by atoms with Crippen molar-refractivity contribution in [1.82, 2.24) is 9.47 Å². The van der Waals surface area contributed by atoms with Crippen LogP contribution in [0.3, 0.4) is 0 Å². The number of amides is 1. The number of aryl methyl sites for hydroxylation is 1. The number of halogens is 1. The van der Waals surface area contributed by atoms with Gasteiger partial charge in [-0.25, -0.2) is 9.18 Å². The lowest BCUT2D eigenvalue weighted by Gasteiger charge is -2.36. The van der Waals surface area contributed by atoms with Gasteiger partial charge in [-0.1, -0.05) is 0 Å². The van der Waals surface area contributed by atoms with Crippen LogP contribution >= 0.6 is 0 Å². The molecule has 1 aliphatic carbocycles. The smallest absolute Gasteiger partial charge is 0.407 e. The summed E-state index contributed by atoms with van der Waals surface area (Å²) in [6.07, 6.45) is 1.98. The molecule has 1 N–H and O–H groups in total. The molecule has 5 nitrogen and oxygen atoms in total. The number of hydrogen-bond donors (Lipinski definition) is 1. The van der Waals surface area contributed by atoms with Gasteiger partial charge in [0.15, 0.2) is 11.6 Å². The lowest BCUT2D eigenvalue weighted by Crippen LogP contribution is -2.47. The lowest BCUT2D eigenvalue weighted by molar-refractivity contribution is 0.0917. The number of aromatic nitrogens is 1. The number of nitrogens with zero attached hydrogens (tertiary/aromatic N) is 2. The fourth-order valence-electron chi connectivity index (χ4n) is 4.06. The van der Waals surface area contributed by atoms with Crippen molar-refractivity contribution in [2.24, 2.45) is 0 Å². The Morgan fingerprint density at radius 2 is 2.08 bits per heavy atom. The molecular formula is C20H27FN2O3. The first-order valence-corrected chi connectivity index (χ1v) is 9.05. The summed E-state index contributed by atoms with van der Waals surface area (Å²) in [6, 6.07) is 3.23. The second kappa shape index (κ2) is 6.49. The van der Waals surface area contributed by atoms with Crippen molar-refractivity contribution in [3.63, 3.8) is 0 Å². The fraction of sp³-hybridized carbons (Fsp3) is 0.550. The normalized spacial score (nSPS) is 15.2. The molecule has 1 heterocycles. The summed E-state index contributed by atoms with van der Waals surface area (Å²) in [5.74, 6) is -0.144. The minimum atomic E-state index is -0.930. The van der Waals surface area contributed by atoms with Gasteiger partial charge in [-0.05, 0) is 58.6 Å². The molecular weight excluding hydrogens is 335 g/mol. The Morgan fingerprint density at radius 3 is 2.65 bits per heavy atom. The standard InChI is InChI=1S/C20H27FN2O3/c1-12(11-22(19(24)25)20(2,3)4)23-16-8-6-7-13(16)14-9-15(21)18(26-5)10-17(14)23/h9-10,12H,6-8,11H2,1-5H3,(H,24,25). The lowest BCUT2D eigenvalue weighted by atomic mass is 10.1. The molecule has 0 spiro atoms. The summed E-state index contributed by atoms with van der Waals surface area (Å²) in [4.78, 5) is 13.2. The zero-order chi connectivity index (χ0) is 19.2. The Morgan fingerprint density at radius 1 is 1.38 bits per heavy atom. The highest BCUT2D eigenvalue weighted by molar-refractivity contribution is 5.88. The largest absolute Gasteiger partial charge is 0.494 e. The van der Waals surface area contributed by atoms with Gasteiger partial charge in [0.2, 0.25) is 0 Å².